The zero-order valence-electron chi connectivity index (χ0n) is 13.1. The van der Waals surface area contributed by atoms with Gasteiger partial charge in [0.15, 0.2) is 5.96 Å². The highest BCUT2D eigenvalue weighted by Crippen LogP contribution is 2.09. The Balaban J connectivity index is 1.61. The summed E-state index contributed by atoms with van der Waals surface area (Å²) in [6, 6.07) is 4.21. The predicted octanol–water partition coefficient (Wildman–Crippen LogP) is 2.68. The smallest absolute Gasteiger partial charge is 0.191 e. The van der Waals surface area contributed by atoms with Crippen LogP contribution in [0.15, 0.2) is 22.5 Å². The molecule has 0 spiro atoms. The molecular formula is C16H28N4S. The lowest BCUT2D eigenvalue weighted by Gasteiger charge is -2.15. The van der Waals surface area contributed by atoms with Gasteiger partial charge in [0, 0.05) is 18.0 Å². The number of rotatable bonds is 8. The number of unbranched alkanes of at least 4 members (excludes halogenated alkanes) is 1. The standard InChI is InChI=1S/C16H28N4S/c1-2-17-16(19-14-15-8-7-13-21-15)18-9-3-4-10-20-11-5-6-12-20/h7-8,13H,2-6,9-12,14H2,1H3,(H2,17,18,19). The summed E-state index contributed by atoms with van der Waals surface area (Å²) in [6.07, 6.45) is 5.26. The summed E-state index contributed by atoms with van der Waals surface area (Å²) in [5.41, 5.74) is 0. The van der Waals surface area contributed by atoms with Crippen molar-refractivity contribution in [2.45, 2.75) is 39.2 Å². The minimum Gasteiger partial charge on any atom is -0.357 e. The molecule has 21 heavy (non-hydrogen) atoms. The molecule has 0 aromatic carbocycles. The summed E-state index contributed by atoms with van der Waals surface area (Å²) in [5, 5.41) is 8.84. The van der Waals surface area contributed by atoms with E-state index in [1.165, 1.54) is 50.2 Å². The van der Waals surface area contributed by atoms with Gasteiger partial charge in [-0.15, -0.1) is 11.3 Å². The van der Waals surface area contributed by atoms with Crippen molar-refractivity contribution < 1.29 is 0 Å². The molecule has 0 saturated carbocycles. The topological polar surface area (TPSA) is 39.7 Å². The van der Waals surface area contributed by atoms with Crippen molar-refractivity contribution in [3.63, 3.8) is 0 Å². The molecule has 2 rings (SSSR count). The Kier molecular flexibility index (Phi) is 7.60. The van der Waals surface area contributed by atoms with E-state index in [0.29, 0.717) is 0 Å². The van der Waals surface area contributed by atoms with E-state index in [1.807, 2.05) is 0 Å². The van der Waals surface area contributed by atoms with Gasteiger partial charge in [-0.2, -0.15) is 0 Å². The van der Waals surface area contributed by atoms with E-state index in [-0.39, 0.29) is 0 Å². The van der Waals surface area contributed by atoms with Gasteiger partial charge in [-0.1, -0.05) is 6.07 Å². The van der Waals surface area contributed by atoms with Crippen molar-refractivity contribution in [2.75, 3.05) is 32.7 Å². The molecule has 5 heteroatoms. The Morgan fingerprint density at radius 3 is 2.86 bits per heavy atom. The lowest BCUT2D eigenvalue weighted by molar-refractivity contribution is 0.330. The summed E-state index contributed by atoms with van der Waals surface area (Å²) in [4.78, 5) is 8.51. The molecule has 1 saturated heterocycles. The molecule has 1 fully saturated rings. The van der Waals surface area contributed by atoms with Gasteiger partial charge in [0.2, 0.25) is 0 Å². The first-order chi connectivity index (χ1) is 10.4. The fraction of sp³-hybridized carbons (Fsp3) is 0.688. The maximum Gasteiger partial charge on any atom is 0.191 e. The van der Waals surface area contributed by atoms with E-state index < -0.39 is 0 Å². The first kappa shape index (κ1) is 16.3. The van der Waals surface area contributed by atoms with E-state index in [9.17, 15) is 0 Å². The highest BCUT2D eigenvalue weighted by atomic mass is 32.1. The maximum atomic E-state index is 4.63. The Morgan fingerprint density at radius 1 is 1.29 bits per heavy atom. The first-order valence-corrected chi connectivity index (χ1v) is 9.03. The van der Waals surface area contributed by atoms with Crippen molar-refractivity contribution in [2.24, 2.45) is 4.99 Å². The van der Waals surface area contributed by atoms with E-state index in [0.717, 1.165) is 25.6 Å². The highest BCUT2D eigenvalue weighted by Gasteiger charge is 2.09. The SMILES string of the molecule is CCNC(=NCc1cccs1)NCCCCN1CCCC1. The van der Waals surface area contributed by atoms with Crippen molar-refractivity contribution in [1.29, 1.82) is 0 Å². The normalized spacial score (nSPS) is 16.3. The van der Waals surface area contributed by atoms with Crippen LogP contribution >= 0.6 is 11.3 Å². The molecule has 0 bridgehead atoms. The molecular weight excluding hydrogens is 280 g/mol. The minimum atomic E-state index is 0.765. The number of nitrogens with one attached hydrogen (secondary N) is 2. The fourth-order valence-electron chi connectivity index (χ4n) is 2.57. The van der Waals surface area contributed by atoms with Crippen LogP contribution in [-0.2, 0) is 6.54 Å². The van der Waals surface area contributed by atoms with Crippen LogP contribution in [0, 0.1) is 0 Å². The zero-order valence-corrected chi connectivity index (χ0v) is 13.9. The number of thiophene rings is 1. The van der Waals surface area contributed by atoms with Gasteiger partial charge in [0.1, 0.15) is 0 Å². The molecule has 1 aromatic rings. The number of likely N-dealkylation sites (tertiary alicyclic amines) is 1. The quantitative estimate of drug-likeness (QED) is 0.441. The van der Waals surface area contributed by atoms with Crippen LogP contribution in [0.4, 0.5) is 0 Å². The third-order valence-corrected chi connectivity index (χ3v) is 4.57. The second kappa shape index (κ2) is 9.79. The third-order valence-electron chi connectivity index (χ3n) is 3.71. The fourth-order valence-corrected chi connectivity index (χ4v) is 3.20. The molecule has 1 aliphatic rings. The second-order valence-corrected chi connectivity index (χ2v) is 6.49. The number of hydrogen-bond acceptors (Lipinski definition) is 3. The lowest BCUT2D eigenvalue weighted by Crippen LogP contribution is -2.37. The van der Waals surface area contributed by atoms with Crippen LogP contribution in [0.5, 0.6) is 0 Å². The van der Waals surface area contributed by atoms with Gasteiger partial charge < -0.3 is 15.5 Å². The van der Waals surface area contributed by atoms with Gasteiger partial charge in [0.25, 0.3) is 0 Å². The summed E-state index contributed by atoms with van der Waals surface area (Å²) < 4.78 is 0. The van der Waals surface area contributed by atoms with E-state index >= 15 is 0 Å². The first-order valence-electron chi connectivity index (χ1n) is 8.15. The maximum absolute atomic E-state index is 4.63. The average molecular weight is 308 g/mol. The number of nitrogens with zero attached hydrogens (tertiary/aromatic N) is 2. The largest absolute Gasteiger partial charge is 0.357 e. The zero-order chi connectivity index (χ0) is 14.8. The molecule has 2 heterocycles. The number of aliphatic imine (C=N–C) groups is 1. The molecule has 1 aliphatic heterocycles. The van der Waals surface area contributed by atoms with Crippen LogP contribution in [-0.4, -0.2) is 43.6 Å². The number of hydrogen-bond donors (Lipinski definition) is 2. The summed E-state index contributed by atoms with van der Waals surface area (Å²) in [6.45, 7) is 8.64. The van der Waals surface area contributed by atoms with Crippen LogP contribution in [0.2, 0.25) is 0 Å². The molecule has 118 valence electrons. The van der Waals surface area contributed by atoms with Gasteiger partial charge in [-0.05, 0) is 63.7 Å². The van der Waals surface area contributed by atoms with Crippen LogP contribution < -0.4 is 10.6 Å². The minimum absolute atomic E-state index is 0.765. The van der Waals surface area contributed by atoms with Crippen molar-refractivity contribution >= 4 is 17.3 Å². The van der Waals surface area contributed by atoms with Gasteiger partial charge in [-0.3, -0.25) is 0 Å². The van der Waals surface area contributed by atoms with E-state index in [1.54, 1.807) is 11.3 Å². The average Bonchev–Trinajstić information content (AvgIpc) is 3.17. The molecule has 1 aromatic heterocycles. The van der Waals surface area contributed by atoms with Crippen molar-refractivity contribution in [3.8, 4) is 0 Å². The molecule has 0 amide bonds. The Labute approximate surface area is 132 Å². The molecule has 0 radical (unpaired) electrons. The molecule has 0 unspecified atom stereocenters. The predicted molar refractivity (Wildman–Crippen MR) is 92.0 cm³/mol. The molecule has 0 aliphatic carbocycles. The van der Waals surface area contributed by atoms with Gasteiger partial charge in [-0.25, -0.2) is 4.99 Å². The molecule has 4 nitrogen and oxygen atoms in total. The second-order valence-electron chi connectivity index (χ2n) is 5.46. The highest BCUT2D eigenvalue weighted by molar-refractivity contribution is 7.09. The number of guanidine groups is 1. The Hall–Kier alpha value is -1.07. The van der Waals surface area contributed by atoms with Crippen molar-refractivity contribution in [1.82, 2.24) is 15.5 Å². The summed E-state index contributed by atoms with van der Waals surface area (Å²) in [7, 11) is 0. The Morgan fingerprint density at radius 2 is 2.14 bits per heavy atom. The summed E-state index contributed by atoms with van der Waals surface area (Å²) in [5.74, 6) is 0.937. The van der Waals surface area contributed by atoms with Crippen LogP contribution in [0.1, 0.15) is 37.5 Å². The molecule has 2 N–H and O–H groups in total. The van der Waals surface area contributed by atoms with Crippen LogP contribution in [0.3, 0.4) is 0 Å². The van der Waals surface area contributed by atoms with Gasteiger partial charge >= 0.3 is 0 Å². The monoisotopic (exact) mass is 308 g/mol. The van der Waals surface area contributed by atoms with E-state index in [2.05, 4.69) is 45.0 Å². The summed E-state index contributed by atoms with van der Waals surface area (Å²) >= 11 is 1.76. The van der Waals surface area contributed by atoms with Crippen molar-refractivity contribution in [3.05, 3.63) is 22.4 Å². The van der Waals surface area contributed by atoms with Crippen LogP contribution in [0.25, 0.3) is 0 Å². The third kappa shape index (κ3) is 6.48. The van der Waals surface area contributed by atoms with Gasteiger partial charge in [0.05, 0.1) is 6.54 Å². The molecule has 0 atom stereocenters. The van der Waals surface area contributed by atoms with E-state index in [4.69, 9.17) is 0 Å². The Bertz CT molecular complexity index is 396. The lowest BCUT2D eigenvalue weighted by atomic mass is 10.3.